The van der Waals surface area contributed by atoms with Gasteiger partial charge < -0.3 is 24.1 Å². The lowest BCUT2D eigenvalue weighted by molar-refractivity contribution is -0.122. The summed E-state index contributed by atoms with van der Waals surface area (Å²) in [5.41, 5.74) is 1.35. The Bertz CT molecular complexity index is 781. The number of hydrogen-bond acceptors (Lipinski definition) is 5. The monoisotopic (exact) mass is 363 g/mol. The predicted molar refractivity (Wildman–Crippen MR) is 93.1 cm³/mol. The molecule has 3 heterocycles. The fraction of sp³-hybridized carbons (Fsp3) is 0.471. The van der Waals surface area contributed by atoms with Crippen LogP contribution in [0.15, 0.2) is 28.9 Å². The molecule has 25 heavy (non-hydrogen) atoms. The van der Waals surface area contributed by atoms with E-state index in [1.165, 1.54) is 4.90 Å². The molecule has 1 amide bonds. The molecule has 2 fully saturated rings. The first kappa shape index (κ1) is 16.9. The number of carbonyl (C=O) groups excluding carboxylic acids is 1. The Kier molecular flexibility index (Phi) is 4.49. The summed E-state index contributed by atoms with van der Waals surface area (Å²) < 4.78 is 11.3. The van der Waals surface area contributed by atoms with Crippen molar-refractivity contribution in [3.05, 3.63) is 35.0 Å². The van der Waals surface area contributed by atoms with Crippen molar-refractivity contribution in [3.63, 3.8) is 0 Å². The van der Waals surface area contributed by atoms with E-state index in [1.54, 1.807) is 12.3 Å². The lowest BCUT2D eigenvalue weighted by Crippen LogP contribution is -2.54. The number of carbonyl (C=O) groups is 1. The fourth-order valence-electron chi connectivity index (χ4n) is 4.15. The van der Waals surface area contributed by atoms with Gasteiger partial charge in [0.15, 0.2) is 5.58 Å². The van der Waals surface area contributed by atoms with Crippen molar-refractivity contribution >= 4 is 36.1 Å². The molecule has 0 saturated carbocycles. The van der Waals surface area contributed by atoms with E-state index in [2.05, 4.69) is 0 Å². The van der Waals surface area contributed by atoms with Crippen LogP contribution in [0.4, 0.5) is 0 Å². The average Bonchev–Trinajstić information content (AvgIpc) is 3.30. The molecule has 1 aromatic heterocycles. The Balaban J connectivity index is 1.62. The Morgan fingerprint density at radius 1 is 1.40 bits per heavy atom. The van der Waals surface area contributed by atoms with Gasteiger partial charge in [0.05, 0.1) is 35.5 Å². The Morgan fingerprint density at radius 2 is 2.24 bits per heavy atom. The lowest BCUT2D eigenvalue weighted by atomic mass is 9.73. The van der Waals surface area contributed by atoms with Crippen molar-refractivity contribution in [2.24, 2.45) is 0 Å². The topological polar surface area (TPSA) is 83.1 Å². The van der Waals surface area contributed by atoms with Crippen LogP contribution in [0.2, 0.25) is 5.02 Å². The van der Waals surface area contributed by atoms with E-state index >= 15 is 0 Å². The standard InChI is InChI=1S/C17H19BClNO5/c19-13-3-1-2-12-10(8-24-17(12)13)6-16(18(22)23)20(9-21)14-7-11-4-5-15(14)25-11/h1-3,8-9,11,14-16,22-23H,4-7H2/t11-,14-,15+,16+/m1/s1. The maximum absolute atomic E-state index is 11.8. The molecule has 0 spiro atoms. The molecule has 1 aromatic carbocycles. The van der Waals surface area contributed by atoms with Gasteiger partial charge in [0.1, 0.15) is 0 Å². The van der Waals surface area contributed by atoms with Gasteiger partial charge in [0.25, 0.3) is 0 Å². The lowest BCUT2D eigenvalue weighted by Gasteiger charge is -2.35. The highest BCUT2D eigenvalue weighted by Crippen LogP contribution is 2.38. The molecule has 0 unspecified atom stereocenters. The van der Waals surface area contributed by atoms with Crippen LogP contribution >= 0.6 is 11.6 Å². The number of hydrogen-bond donors (Lipinski definition) is 2. The minimum absolute atomic E-state index is 0.0213. The Morgan fingerprint density at radius 3 is 2.88 bits per heavy atom. The van der Waals surface area contributed by atoms with Crippen LogP contribution in [0.5, 0.6) is 0 Å². The molecule has 0 aliphatic carbocycles. The van der Waals surface area contributed by atoms with Gasteiger partial charge in [0.2, 0.25) is 6.41 Å². The van der Waals surface area contributed by atoms with Crippen molar-refractivity contribution < 1.29 is 24.0 Å². The van der Waals surface area contributed by atoms with Crippen LogP contribution in [-0.4, -0.2) is 52.7 Å². The number of benzene rings is 1. The second-order valence-corrected chi connectivity index (χ2v) is 7.20. The molecule has 2 N–H and O–H groups in total. The summed E-state index contributed by atoms with van der Waals surface area (Å²) in [6.45, 7) is 0. The first-order valence-corrected chi connectivity index (χ1v) is 8.85. The summed E-state index contributed by atoms with van der Waals surface area (Å²) >= 11 is 6.13. The summed E-state index contributed by atoms with van der Waals surface area (Å²) in [7, 11) is -1.66. The molecule has 2 aromatic rings. The van der Waals surface area contributed by atoms with Crippen molar-refractivity contribution in [1.82, 2.24) is 4.90 Å². The summed E-state index contributed by atoms with van der Waals surface area (Å²) in [5, 5.41) is 21.2. The normalized spacial score (nSPS) is 26.1. The molecule has 6 nitrogen and oxygen atoms in total. The van der Waals surface area contributed by atoms with Gasteiger partial charge >= 0.3 is 7.12 Å². The largest absolute Gasteiger partial charge is 0.476 e. The van der Waals surface area contributed by atoms with Crippen LogP contribution in [0, 0.1) is 0 Å². The number of para-hydroxylation sites is 1. The van der Waals surface area contributed by atoms with E-state index < -0.39 is 13.1 Å². The Labute approximate surface area is 150 Å². The van der Waals surface area contributed by atoms with Gasteiger partial charge in [-0.2, -0.15) is 0 Å². The van der Waals surface area contributed by atoms with Gasteiger partial charge in [-0.25, -0.2) is 0 Å². The third-order valence-electron chi connectivity index (χ3n) is 5.37. The van der Waals surface area contributed by atoms with E-state index in [0.717, 1.165) is 30.2 Å². The van der Waals surface area contributed by atoms with Crippen LogP contribution in [-0.2, 0) is 16.0 Å². The minimum atomic E-state index is -1.66. The van der Waals surface area contributed by atoms with Gasteiger partial charge in [0, 0.05) is 5.39 Å². The van der Waals surface area contributed by atoms with Crippen molar-refractivity contribution in [2.45, 2.75) is 49.9 Å². The number of fused-ring (bicyclic) bond motifs is 3. The van der Waals surface area contributed by atoms with Crippen LogP contribution < -0.4 is 0 Å². The van der Waals surface area contributed by atoms with Crippen LogP contribution in [0.25, 0.3) is 11.0 Å². The molecular weight excluding hydrogens is 344 g/mol. The highest BCUT2D eigenvalue weighted by atomic mass is 35.5. The molecular formula is C17H19BClNO5. The van der Waals surface area contributed by atoms with Crippen LogP contribution in [0.3, 0.4) is 0 Å². The third kappa shape index (κ3) is 2.95. The third-order valence-corrected chi connectivity index (χ3v) is 5.66. The number of furan rings is 1. The average molecular weight is 364 g/mol. The molecule has 132 valence electrons. The van der Waals surface area contributed by atoms with Gasteiger partial charge in [-0.1, -0.05) is 23.7 Å². The zero-order valence-electron chi connectivity index (χ0n) is 13.5. The zero-order valence-corrected chi connectivity index (χ0v) is 14.3. The first-order valence-electron chi connectivity index (χ1n) is 8.47. The molecule has 2 aliphatic heterocycles. The van der Waals surface area contributed by atoms with Crippen LogP contribution in [0.1, 0.15) is 24.8 Å². The van der Waals surface area contributed by atoms with Gasteiger partial charge in [-0.05, 0) is 37.3 Å². The number of ether oxygens (including phenoxy) is 1. The summed E-state index contributed by atoms with van der Waals surface area (Å²) in [4.78, 5) is 13.3. The van der Waals surface area contributed by atoms with Gasteiger partial charge in [-0.3, -0.25) is 4.79 Å². The molecule has 4 atom stereocenters. The first-order chi connectivity index (χ1) is 12.1. The second kappa shape index (κ2) is 6.65. The van der Waals surface area contributed by atoms with Crippen molar-refractivity contribution in [1.29, 1.82) is 0 Å². The molecule has 4 rings (SSSR count). The molecule has 2 aliphatic rings. The molecule has 8 heteroatoms. The predicted octanol–water partition coefficient (Wildman–Crippen LogP) is 1.79. The minimum Gasteiger partial charge on any atom is -0.462 e. The number of nitrogens with zero attached hydrogens (tertiary/aromatic N) is 1. The second-order valence-electron chi connectivity index (χ2n) is 6.79. The maximum atomic E-state index is 11.8. The van der Waals surface area contributed by atoms with E-state index in [1.807, 2.05) is 12.1 Å². The highest BCUT2D eigenvalue weighted by Gasteiger charge is 2.46. The molecule has 2 saturated heterocycles. The summed E-state index contributed by atoms with van der Waals surface area (Å²) in [6.07, 6.45) is 5.32. The van der Waals surface area contributed by atoms with E-state index in [9.17, 15) is 14.8 Å². The Hall–Kier alpha value is -1.54. The van der Waals surface area contributed by atoms with E-state index in [4.69, 9.17) is 20.8 Å². The number of halogens is 1. The van der Waals surface area contributed by atoms with E-state index in [0.29, 0.717) is 17.0 Å². The SMILES string of the molecule is O=CN([C@@H]1C[C@H]2CC[C@@H]1O2)[C@@H](Cc1coc2c(Cl)cccc12)B(O)O. The molecule has 0 radical (unpaired) electrons. The van der Waals surface area contributed by atoms with Crippen molar-refractivity contribution in [2.75, 3.05) is 0 Å². The van der Waals surface area contributed by atoms with E-state index in [-0.39, 0.29) is 24.7 Å². The maximum Gasteiger partial charge on any atom is 0.476 e. The number of amides is 1. The molecule has 2 bridgehead atoms. The smallest absolute Gasteiger partial charge is 0.462 e. The summed E-state index contributed by atoms with van der Waals surface area (Å²) in [5.74, 6) is -0.773. The van der Waals surface area contributed by atoms with Gasteiger partial charge in [-0.15, -0.1) is 0 Å². The highest BCUT2D eigenvalue weighted by molar-refractivity contribution is 6.43. The summed E-state index contributed by atoms with van der Waals surface area (Å²) in [6, 6.07) is 5.30. The van der Waals surface area contributed by atoms with Crippen molar-refractivity contribution in [3.8, 4) is 0 Å². The quantitative estimate of drug-likeness (QED) is 0.604. The zero-order chi connectivity index (χ0) is 17.6. The number of rotatable bonds is 6. The fourth-order valence-corrected chi connectivity index (χ4v) is 4.37.